The fourth-order valence-electron chi connectivity index (χ4n) is 1.99. The summed E-state index contributed by atoms with van der Waals surface area (Å²) in [6, 6.07) is 13.9. The maximum Gasteiger partial charge on any atom is 0.341 e. The molecular weight excluding hydrogens is 330 g/mol. The van der Waals surface area contributed by atoms with E-state index in [0.29, 0.717) is 5.69 Å². The Balaban J connectivity index is 2.04. The Morgan fingerprint density at radius 1 is 1.21 bits per heavy atom. The molecule has 0 atom stereocenters. The summed E-state index contributed by atoms with van der Waals surface area (Å²) in [5, 5.41) is 8.76. The number of anilines is 1. The first-order valence-corrected chi connectivity index (χ1v) is 7.51. The summed E-state index contributed by atoms with van der Waals surface area (Å²) in [6.45, 7) is -0.241. The van der Waals surface area contributed by atoms with Gasteiger partial charge >= 0.3 is 5.97 Å². The predicted molar refractivity (Wildman–Crippen MR) is 88.6 cm³/mol. The molecule has 0 N–H and O–H groups in total. The van der Waals surface area contributed by atoms with Crippen molar-refractivity contribution in [2.24, 2.45) is 0 Å². The minimum Gasteiger partial charge on any atom is -0.452 e. The van der Waals surface area contributed by atoms with Crippen LogP contribution < -0.4 is 4.90 Å². The quantitative estimate of drug-likeness (QED) is 0.595. The molecule has 7 heteroatoms. The van der Waals surface area contributed by atoms with Crippen LogP contribution in [0.3, 0.4) is 0 Å². The largest absolute Gasteiger partial charge is 0.452 e. The maximum absolute atomic E-state index is 12.4. The fraction of sp³-hybridized carbons (Fsp3) is 0.176. The van der Waals surface area contributed by atoms with E-state index in [1.54, 1.807) is 30.3 Å². The van der Waals surface area contributed by atoms with Gasteiger partial charge in [0.05, 0.1) is 18.1 Å². The van der Waals surface area contributed by atoms with Crippen molar-refractivity contribution in [1.82, 2.24) is 4.98 Å². The lowest BCUT2D eigenvalue weighted by Gasteiger charge is -2.21. The van der Waals surface area contributed by atoms with Crippen molar-refractivity contribution >= 4 is 29.2 Å². The second-order valence-electron chi connectivity index (χ2n) is 4.71. The van der Waals surface area contributed by atoms with E-state index in [1.807, 2.05) is 12.1 Å². The number of benzene rings is 1. The van der Waals surface area contributed by atoms with Crippen LogP contribution in [0.2, 0.25) is 5.15 Å². The summed E-state index contributed by atoms with van der Waals surface area (Å²) in [5.41, 5.74) is 0.725. The smallest absolute Gasteiger partial charge is 0.341 e. The van der Waals surface area contributed by atoms with Crippen LogP contribution >= 0.6 is 11.6 Å². The van der Waals surface area contributed by atoms with E-state index < -0.39 is 18.5 Å². The first-order valence-electron chi connectivity index (χ1n) is 7.13. The number of para-hydroxylation sites is 1. The van der Waals surface area contributed by atoms with E-state index in [0.717, 1.165) is 0 Å². The van der Waals surface area contributed by atoms with E-state index in [1.165, 1.54) is 17.2 Å². The summed E-state index contributed by atoms with van der Waals surface area (Å²) in [6.07, 6.45) is 1.62. The van der Waals surface area contributed by atoms with Gasteiger partial charge in [-0.2, -0.15) is 5.26 Å². The molecule has 0 bridgehead atoms. The Morgan fingerprint density at radius 3 is 2.62 bits per heavy atom. The molecular formula is C17H14ClN3O3. The van der Waals surface area contributed by atoms with Crippen LogP contribution in [0, 0.1) is 11.3 Å². The van der Waals surface area contributed by atoms with E-state index in [9.17, 15) is 9.59 Å². The third-order valence-corrected chi connectivity index (χ3v) is 3.42. The van der Waals surface area contributed by atoms with Crippen molar-refractivity contribution in [3.8, 4) is 6.07 Å². The van der Waals surface area contributed by atoms with Crippen molar-refractivity contribution in [2.45, 2.75) is 6.42 Å². The Bertz CT molecular complexity index is 759. The monoisotopic (exact) mass is 343 g/mol. The molecule has 0 aliphatic heterocycles. The number of aromatic nitrogens is 1. The van der Waals surface area contributed by atoms with Crippen LogP contribution in [0.1, 0.15) is 16.8 Å². The van der Waals surface area contributed by atoms with Crippen molar-refractivity contribution in [3.63, 3.8) is 0 Å². The van der Waals surface area contributed by atoms with E-state index in [2.05, 4.69) is 4.98 Å². The lowest BCUT2D eigenvalue weighted by molar-refractivity contribution is -0.121. The normalized spacial score (nSPS) is 9.83. The topological polar surface area (TPSA) is 83.3 Å². The first-order chi connectivity index (χ1) is 11.6. The van der Waals surface area contributed by atoms with E-state index >= 15 is 0 Å². The van der Waals surface area contributed by atoms with Gasteiger partial charge in [0.2, 0.25) is 0 Å². The summed E-state index contributed by atoms with van der Waals surface area (Å²) in [4.78, 5) is 29.5. The lowest BCUT2D eigenvalue weighted by atomic mass is 10.2. The standard InChI is InChI=1S/C17H14ClN3O3/c18-16-14(8-4-10-20-16)17(23)24-12-15(22)21(11-5-9-19)13-6-2-1-3-7-13/h1-4,6-8,10H,5,11-12H2. The van der Waals surface area contributed by atoms with Crippen molar-refractivity contribution in [3.05, 3.63) is 59.4 Å². The lowest BCUT2D eigenvalue weighted by Crippen LogP contribution is -2.35. The van der Waals surface area contributed by atoms with Crippen LogP contribution in [0.4, 0.5) is 5.69 Å². The Hall–Kier alpha value is -2.91. The summed E-state index contributed by atoms with van der Waals surface area (Å²) >= 11 is 5.82. The molecule has 0 saturated heterocycles. The van der Waals surface area contributed by atoms with Gasteiger partial charge in [0.1, 0.15) is 5.15 Å². The number of carbonyl (C=O) groups excluding carboxylic acids is 2. The van der Waals surface area contributed by atoms with Gasteiger partial charge in [-0.3, -0.25) is 4.79 Å². The van der Waals surface area contributed by atoms with Crippen LogP contribution in [-0.4, -0.2) is 30.0 Å². The Kier molecular flexibility index (Phi) is 6.29. The molecule has 2 rings (SSSR count). The Labute approximate surface area is 144 Å². The van der Waals surface area contributed by atoms with Gasteiger partial charge in [-0.15, -0.1) is 0 Å². The van der Waals surface area contributed by atoms with E-state index in [-0.39, 0.29) is 23.7 Å². The Morgan fingerprint density at radius 2 is 1.96 bits per heavy atom. The van der Waals surface area contributed by atoms with Gasteiger partial charge in [0.15, 0.2) is 6.61 Å². The number of esters is 1. The molecule has 1 amide bonds. The van der Waals surface area contributed by atoms with Crippen LogP contribution in [-0.2, 0) is 9.53 Å². The number of carbonyl (C=O) groups is 2. The summed E-state index contributed by atoms with van der Waals surface area (Å²) in [7, 11) is 0. The van der Waals surface area contributed by atoms with Crippen molar-refractivity contribution in [2.75, 3.05) is 18.1 Å². The average Bonchev–Trinajstić information content (AvgIpc) is 2.61. The van der Waals surface area contributed by atoms with Gasteiger partial charge < -0.3 is 9.64 Å². The number of halogens is 1. The zero-order valence-corrected chi connectivity index (χ0v) is 13.4. The number of pyridine rings is 1. The summed E-state index contributed by atoms with van der Waals surface area (Å²) in [5.74, 6) is -1.15. The molecule has 0 spiro atoms. The average molecular weight is 344 g/mol. The molecule has 2 aromatic rings. The van der Waals surface area contributed by atoms with Gasteiger partial charge in [0.25, 0.3) is 5.91 Å². The maximum atomic E-state index is 12.4. The van der Waals surface area contributed by atoms with Gasteiger partial charge in [-0.25, -0.2) is 9.78 Å². The minimum absolute atomic E-state index is 0.0133. The minimum atomic E-state index is -0.727. The molecule has 0 radical (unpaired) electrons. The van der Waals surface area contributed by atoms with Gasteiger partial charge in [-0.05, 0) is 24.3 Å². The second kappa shape index (κ2) is 8.65. The van der Waals surface area contributed by atoms with Crippen molar-refractivity contribution < 1.29 is 14.3 Å². The predicted octanol–water partition coefficient (Wildman–Crippen LogP) is 2.84. The number of ether oxygens (including phenoxy) is 1. The van der Waals surface area contributed by atoms with Crippen LogP contribution in [0.25, 0.3) is 0 Å². The highest BCUT2D eigenvalue weighted by molar-refractivity contribution is 6.32. The zero-order valence-electron chi connectivity index (χ0n) is 12.7. The molecule has 0 aliphatic carbocycles. The molecule has 0 fully saturated rings. The summed E-state index contributed by atoms with van der Waals surface area (Å²) < 4.78 is 5.02. The highest BCUT2D eigenvalue weighted by Gasteiger charge is 2.19. The molecule has 1 aromatic carbocycles. The highest BCUT2D eigenvalue weighted by Crippen LogP contribution is 2.15. The number of hydrogen-bond acceptors (Lipinski definition) is 5. The number of nitrogens with zero attached hydrogens (tertiary/aromatic N) is 3. The number of rotatable bonds is 6. The molecule has 1 heterocycles. The van der Waals surface area contributed by atoms with E-state index in [4.69, 9.17) is 21.6 Å². The van der Waals surface area contributed by atoms with Gasteiger partial charge in [0, 0.05) is 18.4 Å². The molecule has 0 saturated carbocycles. The molecule has 24 heavy (non-hydrogen) atoms. The molecule has 0 unspecified atom stereocenters. The molecule has 0 aliphatic rings. The third kappa shape index (κ3) is 4.54. The highest BCUT2D eigenvalue weighted by atomic mass is 35.5. The SMILES string of the molecule is N#CCCN(C(=O)COC(=O)c1cccnc1Cl)c1ccccc1. The van der Waals surface area contributed by atoms with Gasteiger partial charge in [-0.1, -0.05) is 29.8 Å². The molecule has 122 valence electrons. The first kappa shape index (κ1) is 17.4. The molecule has 1 aromatic heterocycles. The second-order valence-corrected chi connectivity index (χ2v) is 5.06. The fourth-order valence-corrected chi connectivity index (χ4v) is 2.19. The van der Waals surface area contributed by atoms with Crippen LogP contribution in [0.5, 0.6) is 0 Å². The van der Waals surface area contributed by atoms with Crippen LogP contribution in [0.15, 0.2) is 48.7 Å². The zero-order chi connectivity index (χ0) is 17.4. The number of hydrogen-bond donors (Lipinski definition) is 0. The number of amides is 1. The molecule has 6 nitrogen and oxygen atoms in total. The third-order valence-electron chi connectivity index (χ3n) is 3.12. The number of nitriles is 1. The van der Waals surface area contributed by atoms with Crippen molar-refractivity contribution in [1.29, 1.82) is 5.26 Å².